The van der Waals surface area contributed by atoms with E-state index in [1.165, 1.54) is 16.7 Å². The molecule has 1 aliphatic heterocycles. The van der Waals surface area contributed by atoms with E-state index in [0.29, 0.717) is 0 Å². The van der Waals surface area contributed by atoms with Gasteiger partial charge in [0.1, 0.15) is 0 Å². The number of fused-ring (bicyclic) bond motifs is 1. The monoisotopic (exact) mass is 308 g/mol. The third-order valence-corrected chi connectivity index (χ3v) is 4.72. The Balaban J connectivity index is 1.69. The minimum atomic E-state index is -0.137. The van der Waals surface area contributed by atoms with Crippen LogP contribution in [0.25, 0.3) is 0 Å². The molecule has 0 N–H and O–H groups in total. The molecule has 1 unspecified atom stereocenters. The fraction of sp³-hybridized carbons (Fsp3) is 0.350. The molecule has 0 spiro atoms. The summed E-state index contributed by atoms with van der Waals surface area (Å²) in [5.74, 6) is 0.185. The average Bonchev–Trinajstić information content (AvgIpc) is 2.99. The molecule has 1 heterocycles. The van der Waals surface area contributed by atoms with Crippen molar-refractivity contribution < 1.29 is 4.79 Å². The molecule has 2 aromatic carbocycles. The van der Waals surface area contributed by atoms with Crippen LogP contribution in [0, 0.1) is 6.92 Å². The van der Waals surface area contributed by atoms with Gasteiger partial charge < -0.3 is 4.90 Å². The predicted molar refractivity (Wildman–Crippen MR) is 94.6 cm³/mol. The highest BCUT2D eigenvalue weighted by molar-refractivity contribution is 5.98. The molecule has 1 amide bonds. The van der Waals surface area contributed by atoms with Crippen molar-refractivity contribution in [2.24, 2.45) is 0 Å². The molecule has 3 nitrogen and oxygen atoms in total. The van der Waals surface area contributed by atoms with Crippen LogP contribution >= 0.6 is 0 Å². The number of nitrogens with zero attached hydrogens (tertiary/aromatic N) is 2. The van der Waals surface area contributed by atoms with Crippen molar-refractivity contribution in [3.8, 4) is 0 Å². The summed E-state index contributed by atoms with van der Waals surface area (Å²) in [4.78, 5) is 16.9. The van der Waals surface area contributed by atoms with Crippen molar-refractivity contribution in [1.82, 2.24) is 4.90 Å². The van der Waals surface area contributed by atoms with E-state index < -0.39 is 0 Å². The van der Waals surface area contributed by atoms with E-state index in [1.54, 1.807) is 0 Å². The number of likely N-dealkylation sites (N-methyl/N-ethyl adjacent to an activating group) is 1. The highest BCUT2D eigenvalue weighted by atomic mass is 16.2. The normalized spacial score (nSPS) is 14.9. The molecule has 3 heteroatoms. The maximum absolute atomic E-state index is 12.9. The van der Waals surface area contributed by atoms with Crippen molar-refractivity contribution in [3.05, 3.63) is 65.2 Å². The number of amides is 1. The fourth-order valence-corrected chi connectivity index (χ4v) is 3.10. The van der Waals surface area contributed by atoms with Crippen molar-refractivity contribution in [2.45, 2.75) is 32.9 Å². The van der Waals surface area contributed by atoms with Crippen LogP contribution in [0.5, 0.6) is 0 Å². The van der Waals surface area contributed by atoms with Crippen LogP contribution in [0.15, 0.2) is 48.5 Å². The first-order valence-corrected chi connectivity index (χ1v) is 8.21. The van der Waals surface area contributed by atoms with Gasteiger partial charge in [-0.05, 0) is 44.5 Å². The third-order valence-electron chi connectivity index (χ3n) is 4.72. The number of hydrogen-bond donors (Lipinski definition) is 0. The van der Waals surface area contributed by atoms with Crippen LogP contribution in [-0.4, -0.2) is 30.4 Å². The molecule has 0 radical (unpaired) electrons. The van der Waals surface area contributed by atoms with E-state index in [-0.39, 0.29) is 11.9 Å². The summed E-state index contributed by atoms with van der Waals surface area (Å²) in [5.41, 5.74) is 4.84. The fourth-order valence-electron chi connectivity index (χ4n) is 3.10. The minimum Gasteiger partial charge on any atom is -0.310 e. The van der Waals surface area contributed by atoms with Crippen molar-refractivity contribution in [1.29, 1.82) is 0 Å². The Morgan fingerprint density at radius 1 is 1.17 bits per heavy atom. The zero-order chi connectivity index (χ0) is 16.4. The van der Waals surface area contributed by atoms with Crippen LogP contribution in [0.1, 0.15) is 23.6 Å². The van der Waals surface area contributed by atoms with Gasteiger partial charge in [0.15, 0.2) is 0 Å². The van der Waals surface area contributed by atoms with Gasteiger partial charge in [0.2, 0.25) is 5.91 Å². The van der Waals surface area contributed by atoms with Gasteiger partial charge in [0, 0.05) is 18.8 Å². The molecule has 1 aliphatic rings. The molecule has 23 heavy (non-hydrogen) atoms. The molecular formula is C20H24N2O. The first kappa shape index (κ1) is 15.8. The molecule has 0 fully saturated rings. The zero-order valence-electron chi connectivity index (χ0n) is 14.1. The molecule has 0 saturated heterocycles. The molecule has 3 rings (SSSR count). The maximum atomic E-state index is 12.9. The number of carbonyl (C=O) groups is 1. The number of benzene rings is 2. The molecule has 2 aromatic rings. The number of anilines is 1. The molecule has 0 saturated carbocycles. The lowest BCUT2D eigenvalue weighted by Gasteiger charge is -2.28. The van der Waals surface area contributed by atoms with Crippen LogP contribution in [0.4, 0.5) is 5.69 Å². The van der Waals surface area contributed by atoms with Gasteiger partial charge in [0.05, 0.1) is 6.04 Å². The number of carbonyl (C=O) groups excluding carboxylic acids is 1. The number of rotatable bonds is 4. The summed E-state index contributed by atoms with van der Waals surface area (Å²) in [6, 6.07) is 16.6. The second-order valence-corrected chi connectivity index (χ2v) is 6.45. The van der Waals surface area contributed by atoms with Crippen molar-refractivity contribution >= 4 is 11.6 Å². The summed E-state index contributed by atoms with van der Waals surface area (Å²) >= 11 is 0. The second-order valence-electron chi connectivity index (χ2n) is 6.45. The summed E-state index contributed by atoms with van der Waals surface area (Å²) < 4.78 is 0. The molecule has 0 aliphatic carbocycles. The third kappa shape index (κ3) is 3.30. The predicted octanol–water partition coefficient (Wildman–Crippen LogP) is 3.40. The molecular weight excluding hydrogens is 284 g/mol. The average molecular weight is 308 g/mol. The topological polar surface area (TPSA) is 23.6 Å². The number of para-hydroxylation sites is 1. The van der Waals surface area contributed by atoms with E-state index in [9.17, 15) is 4.79 Å². The standard InChI is InChI=1S/C20H24N2O/c1-15-8-10-17(11-9-15)14-21(3)16(2)20(23)22-13-12-18-6-4-5-7-19(18)22/h4-11,16H,12-14H2,1-3H3. The largest absolute Gasteiger partial charge is 0.310 e. The smallest absolute Gasteiger partial charge is 0.244 e. The lowest BCUT2D eigenvalue weighted by Crippen LogP contribution is -2.45. The molecule has 1 atom stereocenters. The zero-order valence-corrected chi connectivity index (χ0v) is 14.1. The van der Waals surface area contributed by atoms with Crippen molar-refractivity contribution in [2.75, 3.05) is 18.5 Å². The van der Waals surface area contributed by atoms with Gasteiger partial charge in [-0.3, -0.25) is 9.69 Å². The highest BCUT2D eigenvalue weighted by Gasteiger charge is 2.29. The maximum Gasteiger partial charge on any atom is 0.244 e. The Kier molecular flexibility index (Phi) is 4.49. The lowest BCUT2D eigenvalue weighted by atomic mass is 10.1. The van der Waals surface area contributed by atoms with Gasteiger partial charge in [0.25, 0.3) is 0 Å². The van der Waals surface area contributed by atoms with E-state index in [2.05, 4.69) is 42.2 Å². The summed E-state index contributed by atoms with van der Waals surface area (Å²) in [6.07, 6.45) is 0.955. The second kappa shape index (κ2) is 6.55. The van der Waals surface area contributed by atoms with Gasteiger partial charge in [-0.15, -0.1) is 0 Å². The van der Waals surface area contributed by atoms with E-state index in [0.717, 1.165) is 25.2 Å². The molecule has 0 bridgehead atoms. The summed E-state index contributed by atoms with van der Waals surface area (Å²) in [5, 5.41) is 0. The van der Waals surface area contributed by atoms with Crippen LogP contribution < -0.4 is 4.90 Å². The summed E-state index contributed by atoms with van der Waals surface area (Å²) in [6.45, 7) is 5.66. The first-order chi connectivity index (χ1) is 11.1. The van der Waals surface area contributed by atoms with Crippen LogP contribution in [-0.2, 0) is 17.8 Å². The quantitative estimate of drug-likeness (QED) is 0.864. The Morgan fingerprint density at radius 2 is 1.87 bits per heavy atom. The van der Waals surface area contributed by atoms with E-state index in [4.69, 9.17) is 0 Å². The highest BCUT2D eigenvalue weighted by Crippen LogP contribution is 2.28. The number of hydrogen-bond acceptors (Lipinski definition) is 2. The van der Waals surface area contributed by atoms with Gasteiger partial charge in [-0.1, -0.05) is 48.0 Å². The Labute approximate surface area is 138 Å². The van der Waals surface area contributed by atoms with E-state index in [1.807, 2.05) is 37.1 Å². The molecule has 0 aromatic heterocycles. The van der Waals surface area contributed by atoms with E-state index >= 15 is 0 Å². The SMILES string of the molecule is Cc1ccc(CN(C)C(C)C(=O)N2CCc3ccccc32)cc1. The first-order valence-electron chi connectivity index (χ1n) is 8.21. The van der Waals surface area contributed by atoms with Crippen LogP contribution in [0.2, 0.25) is 0 Å². The Hall–Kier alpha value is -2.13. The lowest BCUT2D eigenvalue weighted by molar-refractivity contribution is -0.122. The Morgan fingerprint density at radius 3 is 2.61 bits per heavy atom. The van der Waals surface area contributed by atoms with Gasteiger partial charge >= 0.3 is 0 Å². The van der Waals surface area contributed by atoms with Gasteiger partial charge in [-0.25, -0.2) is 0 Å². The Bertz CT molecular complexity index is 693. The van der Waals surface area contributed by atoms with Crippen molar-refractivity contribution in [3.63, 3.8) is 0 Å². The molecule has 120 valence electrons. The summed E-state index contributed by atoms with van der Waals surface area (Å²) in [7, 11) is 2.02. The number of aryl methyl sites for hydroxylation is 1. The van der Waals surface area contributed by atoms with Gasteiger partial charge in [-0.2, -0.15) is 0 Å². The van der Waals surface area contributed by atoms with Crippen LogP contribution in [0.3, 0.4) is 0 Å². The minimum absolute atomic E-state index is 0.137.